The number of benzene rings is 2. The van der Waals surface area contributed by atoms with Gasteiger partial charge in [-0.1, -0.05) is 29.5 Å². The number of carbonyl (C=O) groups excluding carboxylic acids is 2. The average molecular weight is 421 g/mol. The fourth-order valence-electron chi connectivity index (χ4n) is 3.76. The van der Waals surface area contributed by atoms with Crippen molar-refractivity contribution < 1.29 is 18.4 Å². The second-order valence-corrected chi connectivity index (χ2v) is 7.26. The number of hydrogen-bond donors (Lipinski definition) is 1. The predicted octanol–water partition coefficient (Wildman–Crippen LogP) is 1.88. The summed E-state index contributed by atoms with van der Waals surface area (Å²) in [5.41, 5.74) is 1.55. The Morgan fingerprint density at radius 2 is 1.94 bits per heavy atom. The van der Waals surface area contributed by atoms with Gasteiger partial charge in [-0.15, -0.1) is 5.10 Å². The van der Waals surface area contributed by atoms with Crippen LogP contribution in [0, 0.1) is 5.82 Å². The molecule has 1 fully saturated rings. The highest BCUT2D eigenvalue weighted by atomic mass is 19.1. The van der Waals surface area contributed by atoms with Crippen molar-refractivity contribution in [1.29, 1.82) is 0 Å². The Morgan fingerprint density at radius 3 is 2.71 bits per heavy atom. The molecule has 1 atom stereocenters. The Hall–Kier alpha value is -4.08. The molecule has 5 rings (SSSR count). The number of amides is 2. The number of halogens is 1. The normalized spacial score (nSPS) is 16.6. The molecule has 0 radical (unpaired) electrons. The number of nitrogens with one attached hydrogen (secondary N) is 1. The maximum Gasteiger partial charge on any atom is 0.420 e. The van der Waals surface area contributed by atoms with Gasteiger partial charge in [0, 0.05) is 12.8 Å². The van der Waals surface area contributed by atoms with Gasteiger partial charge in [0.05, 0.1) is 17.6 Å². The fraction of sp³-hybridized carbons (Fsp3) is 0.190. The monoisotopic (exact) mass is 421 g/mol. The first-order valence-electron chi connectivity index (χ1n) is 9.64. The summed E-state index contributed by atoms with van der Waals surface area (Å²) < 4.78 is 23.2. The van der Waals surface area contributed by atoms with Crippen LogP contribution in [0.1, 0.15) is 30.1 Å². The third-order valence-electron chi connectivity index (χ3n) is 5.25. The van der Waals surface area contributed by atoms with Crippen molar-refractivity contribution in [3.8, 4) is 5.69 Å². The molecule has 2 aromatic heterocycles. The first-order valence-corrected chi connectivity index (χ1v) is 9.64. The minimum absolute atomic E-state index is 0.0314. The molecule has 1 saturated heterocycles. The summed E-state index contributed by atoms with van der Waals surface area (Å²) in [5.74, 6) is -2.61. The molecule has 156 valence electrons. The first-order chi connectivity index (χ1) is 15.0. The second-order valence-electron chi connectivity index (χ2n) is 7.26. The van der Waals surface area contributed by atoms with Gasteiger partial charge in [-0.05, 0) is 30.2 Å². The number of aromatic nitrogens is 4. The Morgan fingerprint density at radius 1 is 1.13 bits per heavy atom. The highest BCUT2D eigenvalue weighted by molar-refractivity contribution is 6.00. The molecule has 0 aliphatic carbocycles. The Kier molecular flexibility index (Phi) is 4.46. The standard InChI is InChI=1S/C21H16FN5O4/c22-18-12(10-13-11-26(25-24-13)14-4-2-1-3-5-14)6-8-16-19(18)27(21(30)31-16)15-7-9-17(28)23-20(15)29/h1-6,8,11,15H,7,9-10H2,(H,23,28,29). The fourth-order valence-corrected chi connectivity index (χ4v) is 3.76. The minimum atomic E-state index is -1.02. The largest absolute Gasteiger partial charge is 0.420 e. The van der Waals surface area contributed by atoms with Crippen LogP contribution >= 0.6 is 0 Å². The lowest BCUT2D eigenvalue weighted by Gasteiger charge is -2.21. The van der Waals surface area contributed by atoms with E-state index in [1.54, 1.807) is 10.9 Å². The predicted molar refractivity (Wildman–Crippen MR) is 106 cm³/mol. The van der Waals surface area contributed by atoms with Crippen LogP contribution in [-0.4, -0.2) is 31.4 Å². The van der Waals surface area contributed by atoms with Gasteiger partial charge in [0.1, 0.15) is 11.6 Å². The summed E-state index contributed by atoms with van der Waals surface area (Å²) >= 11 is 0. The highest BCUT2D eigenvalue weighted by Crippen LogP contribution is 2.27. The van der Waals surface area contributed by atoms with E-state index in [1.165, 1.54) is 12.1 Å². The number of imide groups is 1. The Bertz CT molecular complexity index is 1370. The van der Waals surface area contributed by atoms with Crippen LogP contribution < -0.4 is 11.1 Å². The van der Waals surface area contributed by atoms with Crippen molar-refractivity contribution in [2.45, 2.75) is 25.3 Å². The summed E-state index contributed by atoms with van der Waals surface area (Å²) in [4.78, 5) is 36.1. The van der Waals surface area contributed by atoms with Crippen LogP contribution in [0.5, 0.6) is 0 Å². The van der Waals surface area contributed by atoms with Crippen molar-refractivity contribution in [3.63, 3.8) is 0 Å². The average Bonchev–Trinajstić information content (AvgIpc) is 3.35. The van der Waals surface area contributed by atoms with Gasteiger partial charge in [0.15, 0.2) is 11.4 Å². The number of nitrogens with zero attached hydrogens (tertiary/aromatic N) is 4. The van der Waals surface area contributed by atoms with E-state index in [0.717, 1.165) is 10.3 Å². The molecule has 0 bridgehead atoms. The second kappa shape index (κ2) is 7.31. The van der Waals surface area contributed by atoms with Gasteiger partial charge in [0.25, 0.3) is 0 Å². The van der Waals surface area contributed by atoms with E-state index in [0.29, 0.717) is 5.69 Å². The molecule has 1 unspecified atom stereocenters. The van der Waals surface area contributed by atoms with Crippen molar-refractivity contribution in [2.75, 3.05) is 0 Å². The van der Waals surface area contributed by atoms with Crippen LogP contribution in [0.25, 0.3) is 16.8 Å². The van der Waals surface area contributed by atoms with Crippen molar-refractivity contribution >= 4 is 22.9 Å². The van der Waals surface area contributed by atoms with Gasteiger partial charge in [-0.3, -0.25) is 19.5 Å². The number of fused-ring (bicyclic) bond motifs is 1. The van der Waals surface area contributed by atoms with Crippen LogP contribution in [0.4, 0.5) is 4.39 Å². The zero-order valence-electron chi connectivity index (χ0n) is 16.1. The first kappa shape index (κ1) is 18.9. The molecule has 10 heteroatoms. The summed E-state index contributed by atoms with van der Waals surface area (Å²) in [6.07, 6.45) is 1.97. The third kappa shape index (κ3) is 3.31. The molecule has 1 aliphatic heterocycles. The maximum absolute atomic E-state index is 15.4. The van der Waals surface area contributed by atoms with Crippen molar-refractivity contribution in [2.24, 2.45) is 0 Å². The molecule has 2 amide bonds. The molecule has 1 aliphatic rings. The number of para-hydroxylation sites is 1. The van der Waals surface area contributed by atoms with Gasteiger partial charge in [-0.2, -0.15) is 0 Å². The molecular weight excluding hydrogens is 405 g/mol. The lowest BCUT2D eigenvalue weighted by Crippen LogP contribution is -2.43. The van der Waals surface area contributed by atoms with Crippen molar-refractivity contribution in [1.82, 2.24) is 24.9 Å². The zero-order valence-corrected chi connectivity index (χ0v) is 16.1. The molecule has 2 aromatic carbocycles. The number of carbonyl (C=O) groups is 2. The molecule has 1 N–H and O–H groups in total. The molecule has 31 heavy (non-hydrogen) atoms. The van der Waals surface area contributed by atoms with Crippen LogP contribution in [0.3, 0.4) is 0 Å². The molecular formula is C21H16FN5O4. The van der Waals surface area contributed by atoms with Crippen molar-refractivity contribution in [3.05, 3.63) is 76.3 Å². The maximum atomic E-state index is 15.4. The lowest BCUT2D eigenvalue weighted by atomic mass is 10.0. The molecule has 0 spiro atoms. The van der Waals surface area contributed by atoms with E-state index in [4.69, 9.17) is 4.42 Å². The highest BCUT2D eigenvalue weighted by Gasteiger charge is 2.32. The molecule has 9 nitrogen and oxygen atoms in total. The van der Waals surface area contributed by atoms with E-state index in [-0.39, 0.29) is 35.9 Å². The number of rotatable bonds is 4. The van der Waals surface area contributed by atoms with E-state index in [2.05, 4.69) is 15.6 Å². The molecule has 4 aromatic rings. The van der Waals surface area contributed by atoms with Crippen LogP contribution in [0.2, 0.25) is 0 Å². The van der Waals surface area contributed by atoms with Gasteiger partial charge in [-0.25, -0.2) is 13.9 Å². The topological polar surface area (TPSA) is 112 Å². The van der Waals surface area contributed by atoms with Gasteiger partial charge >= 0.3 is 5.76 Å². The minimum Gasteiger partial charge on any atom is -0.408 e. The molecule has 0 saturated carbocycles. The van der Waals surface area contributed by atoms with Crippen LogP contribution in [-0.2, 0) is 16.0 Å². The van der Waals surface area contributed by atoms with E-state index < -0.39 is 29.4 Å². The van der Waals surface area contributed by atoms with Gasteiger partial charge in [0.2, 0.25) is 11.8 Å². The quantitative estimate of drug-likeness (QED) is 0.504. The summed E-state index contributed by atoms with van der Waals surface area (Å²) in [6, 6.07) is 11.4. The van der Waals surface area contributed by atoms with E-state index in [1.807, 2.05) is 30.3 Å². The Balaban J connectivity index is 1.52. The number of oxazole rings is 1. The summed E-state index contributed by atoms with van der Waals surface area (Å²) in [5, 5.41) is 10.4. The van der Waals surface area contributed by atoms with E-state index >= 15 is 4.39 Å². The lowest BCUT2D eigenvalue weighted by molar-refractivity contribution is -0.135. The smallest absolute Gasteiger partial charge is 0.408 e. The summed E-state index contributed by atoms with van der Waals surface area (Å²) in [6.45, 7) is 0. The van der Waals surface area contributed by atoms with E-state index in [9.17, 15) is 14.4 Å². The Labute approximate surface area is 174 Å². The van der Waals surface area contributed by atoms with Crippen LogP contribution in [0.15, 0.2) is 57.9 Å². The SMILES string of the molecule is O=C1CCC(n2c(=O)oc3ccc(Cc4cn(-c5ccccc5)nn4)c(F)c32)C(=O)N1. The zero-order chi connectivity index (χ0) is 21.5. The summed E-state index contributed by atoms with van der Waals surface area (Å²) in [7, 11) is 0. The molecule has 3 heterocycles. The third-order valence-corrected chi connectivity index (χ3v) is 5.25. The number of hydrogen-bond acceptors (Lipinski definition) is 6. The van der Waals surface area contributed by atoms with Gasteiger partial charge < -0.3 is 4.42 Å². The number of piperidine rings is 1.